The van der Waals surface area contributed by atoms with E-state index in [4.69, 9.17) is 5.73 Å². The van der Waals surface area contributed by atoms with Crippen molar-refractivity contribution in [2.24, 2.45) is 0 Å². The molecule has 2 N–H and O–H groups in total. The first-order valence-electron chi connectivity index (χ1n) is 6.25. The largest absolute Gasteiger partial charge is 0.398 e. The number of nitrogens with zero attached hydrogens (tertiary/aromatic N) is 1. The number of hydrogen-bond donors (Lipinski definition) is 1. The molecule has 4 heteroatoms. The van der Waals surface area contributed by atoms with E-state index in [-0.39, 0.29) is 24.5 Å². The number of anilines is 1. The third kappa shape index (κ3) is 3.58. The number of hydrogen-bond acceptors (Lipinski definition) is 3. The molecular formula is C14H20N2O2. The highest BCUT2D eigenvalue weighted by molar-refractivity contribution is 6.02. The van der Waals surface area contributed by atoms with Gasteiger partial charge in [-0.05, 0) is 26.0 Å². The molecule has 0 aromatic heterocycles. The summed E-state index contributed by atoms with van der Waals surface area (Å²) in [5.74, 6) is -0.0588. The van der Waals surface area contributed by atoms with E-state index in [0.717, 1.165) is 0 Å². The van der Waals surface area contributed by atoms with Crippen LogP contribution in [0.2, 0.25) is 0 Å². The lowest BCUT2D eigenvalue weighted by molar-refractivity contribution is -0.130. The van der Waals surface area contributed by atoms with Crippen molar-refractivity contribution >= 4 is 17.4 Å². The van der Waals surface area contributed by atoms with Crippen LogP contribution in [0.3, 0.4) is 0 Å². The molecule has 0 fully saturated rings. The number of nitrogens with two attached hydrogens (primary N) is 1. The van der Waals surface area contributed by atoms with Crippen LogP contribution in [0.5, 0.6) is 0 Å². The molecule has 0 bridgehead atoms. The summed E-state index contributed by atoms with van der Waals surface area (Å²) in [4.78, 5) is 25.4. The first kappa shape index (κ1) is 14.2. The third-order valence-electron chi connectivity index (χ3n) is 2.94. The van der Waals surface area contributed by atoms with E-state index in [0.29, 0.717) is 24.3 Å². The topological polar surface area (TPSA) is 63.4 Å². The van der Waals surface area contributed by atoms with Crippen LogP contribution >= 0.6 is 0 Å². The number of carbonyl (C=O) groups is 2. The fraction of sp³-hybridized carbons (Fsp3) is 0.429. The number of Topliss-reactive ketones (excluding diaryl/α,β-unsaturated/α-hetero) is 1. The van der Waals surface area contributed by atoms with Crippen molar-refractivity contribution in [2.45, 2.75) is 26.7 Å². The Bertz CT molecular complexity index is 426. The molecule has 18 heavy (non-hydrogen) atoms. The van der Waals surface area contributed by atoms with Gasteiger partial charge in [0.05, 0.1) is 0 Å². The second kappa shape index (κ2) is 6.79. The van der Waals surface area contributed by atoms with Crippen molar-refractivity contribution in [1.82, 2.24) is 4.90 Å². The first-order chi connectivity index (χ1) is 8.60. The Hall–Kier alpha value is -1.84. The maximum atomic E-state index is 11.9. The molecule has 0 aliphatic rings. The summed E-state index contributed by atoms with van der Waals surface area (Å²) in [5, 5.41) is 0. The van der Waals surface area contributed by atoms with E-state index in [1.54, 1.807) is 29.2 Å². The number of nitrogen functional groups attached to an aromatic ring is 1. The van der Waals surface area contributed by atoms with E-state index in [2.05, 4.69) is 0 Å². The maximum absolute atomic E-state index is 11.9. The lowest BCUT2D eigenvalue weighted by atomic mass is 10.0. The van der Waals surface area contributed by atoms with Crippen molar-refractivity contribution in [3.8, 4) is 0 Å². The molecule has 4 nitrogen and oxygen atoms in total. The minimum Gasteiger partial charge on any atom is -0.398 e. The van der Waals surface area contributed by atoms with Crippen molar-refractivity contribution in [3.63, 3.8) is 0 Å². The quantitative estimate of drug-likeness (QED) is 0.619. The highest BCUT2D eigenvalue weighted by atomic mass is 16.2. The predicted molar refractivity (Wildman–Crippen MR) is 72.3 cm³/mol. The molecule has 0 spiro atoms. The van der Waals surface area contributed by atoms with Gasteiger partial charge in [0.2, 0.25) is 5.91 Å². The van der Waals surface area contributed by atoms with Gasteiger partial charge in [0.15, 0.2) is 5.78 Å². The van der Waals surface area contributed by atoms with Crippen LogP contribution in [0, 0.1) is 0 Å². The van der Waals surface area contributed by atoms with Crippen LogP contribution in [0.15, 0.2) is 24.3 Å². The molecule has 1 aromatic rings. The summed E-state index contributed by atoms with van der Waals surface area (Å²) in [6, 6.07) is 6.95. The zero-order valence-corrected chi connectivity index (χ0v) is 11.0. The van der Waals surface area contributed by atoms with Gasteiger partial charge in [0.1, 0.15) is 0 Å². The Balaban J connectivity index is 2.57. The maximum Gasteiger partial charge on any atom is 0.223 e. The minimum atomic E-state index is -0.0754. The molecular weight excluding hydrogens is 228 g/mol. The molecule has 1 rings (SSSR count). The number of amides is 1. The fourth-order valence-electron chi connectivity index (χ4n) is 1.84. The van der Waals surface area contributed by atoms with Crippen LogP contribution in [-0.2, 0) is 4.79 Å². The van der Waals surface area contributed by atoms with Crippen LogP contribution < -0.4 is 5.73 Å². The molecule has 0 heterocycles. The predicted octanol–water partition coefficient (Wildman–Crippen LogP) is 2.10. The number of rotatable bonds is 6. The average Bonchev–Trinajstić information content (AvgIpc) is 2.38. The van der Waals surface area contributed by atoms with Gasteiger partial charge in [0.25, 0.3) is 0 Å². The molecule has 0 unspecified atom stereocenters. The summed E-state index contributed by atoms with van der Waals surface area (Å²) in [5.41, 5.74) is 6.70. The van der Waals surface area contributed by atoms with Gasteiger partial charge in [-0.1, -0.05) is 12.1 Å². The zero-order valence-electron chi connectivity index (χ0n) is 11.0. The van der Waals surface area contributed by atoms with Crippen molar-refractivity contribution in [1.29, 1.82) is 0 Å². The molecule has 98 valence electrons. The van der Waals surface area contributed by atoms with Gasteiger partial charge < -0.3 is 10.6 Å². The van der Waals surface area contributed by atoms with E-state index in [9.17, 15) is 9.59 Å². The standard InChI is InChI=1S/C14H20N2O2/c1-3-16(4-2)14(18)10-9-13(17)11-7-5-6-8-12(11)15/h5-8H,3-4,9-10,15H2,1-2H3. The Kier molecular flexibility index (Phi) is 5.36. The lowest BCUT2D eigenvalue weighted by Crippen LogP contribution is -2.30. The minimum absolute atomic E-state index is 0.0165. The van der Waals surface area contributed by atoms with E-state index in [1.807, 2.05) is 13.8 Å². The smallest absolute Gasteiger partial charge is 0.223 e. The molecule has 0 atom stereocenters. The van der Waals surface area contributed by atoms with Crippen molar-refractivity contribution in [2.75, 3.05) is 18.8 Å². The van der Waals surface area contributed by atoms with Crippen molar-refractivity contribution < 1.29 is 9.59 Å². The van der Waals surface area contributed by atoms with Gasteiger partial charge in [0, 0.05) is 37.2 Å². The number of benzene rings is 1. The summed E-state index contributed by atoms with van der Waals surface area (Å²) in [6.45, 7) is 5.21. The van der Waals surface area contributed by atoms with Gasteiger partial charge >= 0.3 is 0 Å². The molecule has 0 saturated carbocycles. The molecule has 1 amide bonds. The summed E-state index contributed by atoms with van der Waals surface area (Å²) >= 11 is 0. The van der Waals surface area contributed by atoms with Gasteiger partial charge in [-0.15, -0.1) is 0 Å². The van der Waals surface area contributed by atoms with Crippen LogP contribution in [0.4, 0.5) is 5.69 Å². The monoisotopic (exact) mass is 248 g/mol. The van der Waals surface area contributed by atoms with Gasteiger partial charge in [-0.25, -0.2) is 0 Å². The normalized spacial score (nSPS) is 10.1. The van der Waals surface area contributed by atoms with Gasteiger partial charge in [-0.2, -0.15) is 0 Å². The molecule has 0 radical (unpaired) electrons. The number of carbonyl (C=O) groups excluding carboxylic acids is 2. The Morgan fingerprint density at radius 2 is 1.72 bits per heavy atom. The summed E-state index contributed by atoms with van der Waals surface area (Å²) in [7, 11) is 0. The molecule has 0 saturated heterocycles. The second-order valence-corrected chi connectivity index (χ2v) is 4.08. The van der Waals surface area contributed by atoms with Crippen LogP contribution in [-0.4, -0.2) is 29.7 Å². The average molecular weight is 248 g/mol. The van der Waals surface area contributed by atoms with Crippen LogP contribution in [0.25, 0.3) is 0 Å². The Morgan fingerprint density at radius 3 is 2.28 bits per heavy atom. The van der Waals surface area contributed by atoms with Crippen LogP contribution in [0.1, 0.15) is 37.0 Å². The van der Waals surface area contributed by atoms with Gasteiger partial charge in [-0.3, -0.25) is 9.59 Å². The first-order valence-corrected chi connectivity index (χ1v) is 6.25. The SMILES string of the molecule is CCN(CC)C(=O)CCC(=O)c1ccccc1N. The van der Waals surface area contributed by atoms with E-state index >= 15 is 0 Å². The number of para-hydroxylation sites is 1. The Morgan fingerprint density at radius 1 is 1.11 bits per heavy atom. The summed E-state index contributed by atoms with van der Waals surface area (Å²) < 4.78 is 0. The Labute approximate surface area is 108 Å². The third-order valence-corrected chi connectivity index (χ3v) is 2.94. The number of ketones is 1. The molecule has 1 aromatic carbocycles. The summed E-state index contributed by atoms with van der Waals surface area (Å²) in [6.07, 6.45) is 0.457. The fourth-order valence-corrected chi connectivity index (χ4v) is 1.84. The van der Waals surface area contributed by atoms with Crippen molar-refractivity contribution in [3.05, 3.63) is 29.8 Å². The van der Waals surface area contributed by atoms with E-state index < -0.39 is 0 Å². The second-order valence-electron chi connectivity index (χ2n) is 4.08. The highest BCUT2D eigenvalue weighted by Crippen LogP contribution is 2.14. The molecule has 0 aliphatic heterocycles. The zero-order chi connectivity index (χ0) is 13.5. The molecule has 0 aliphatic carbocycles. The van der Waals surface area contributed by atoms with E-state index in [1.165, 1.54) is 0 Å². The lowest BCUT2D eigenvalue weighted by Gasteiger charge is -2.18. The highest BCUT2D eigenvalue weighted by Gasteiger charge is 2.14.